The van der Waals surface area contributed by atoms with Crippen LogP contribution in [-0.2, 0) is 30.2 Å². The quantitative estimate of drug-likeness (QED) is 0.0274. The second kappa shape index (κ2) is 26.4. The molecule has 0 fully saturated rings. The number of fused-ring (bicyclic) bond motifs is 1. The van der Waals surface area contributed by atoms with Crippen molar-refractivity contribution >= 4 is 36.4 Å². The molecule has 0 aliphatic carbocycles. The molecule has 2 aromatic heterocycles. The molecule has 3 aromatic rings. The molecule has 0 saturated carbocycles. The molecule has 0 radical (unpaired) electrons. The Morgan fingerprint density at radius 3 is 2.04 bits per heavy atom. The van der Waals surface area contributed by atoms with Gasteiger partial charge < -0.3 is 29.0 Å². The highest BCUT2D eigenvalue weighted by atomic mass is 31.2. The zero-order chi connectivity index (χ0) is 40.6. The fourth-order valence-corrected chi connectivity index (χ4v) is 8.34. The number of imidazole rings is 1. The van der Waals surface area contributed by atoms with Crippen LogP contribution in [0.5, 0.6) is 11.5 Å². The van der Waals surface area contributed by atoms with E-state index in [1.165, 1.54) is 95.9 Å². The number of benzene rings is 1. The van der Waals surface area contributed by atoms with E-state index in [1.807, 2.05) is 20.8 Å². The fraction of sp³-hybridized carbons (Fsp3) is 0.690. The highest BCUT2D eigenvalue weighted by Crippen LogP contribution is 2.45. The van der Waals surface area contributed by atoms with Gasteiger partial charge in [0.05, 0.1) is 25.1 Å². The van der Waals surface area contributed by atoms with Crippen molar-refractivity contribution < 1.29 is 32.9 Å². The Morgan fingerprint density at radius 2 is 1.41 bits per heavy atom. The van der Waals surface area contributed by atoms with E-state index in [0.29, 0.717) is 30.6 Å². The second-order valence-electron chi connectivity index (χ2n) is 15.1. The van der Waals surface area contributed by atoms with E-state index >= 15 is 0 Å². The Bertz CT molecular complexity index is 1620. The lowest BCUT2D eigenvalue weighted by Crippen LogP contribution is -2.37. The van der Waals surface area contributed by atoms with Crippen LogP contribution in [0.2, 0.25) is 0 Å². The summed E-state index contributed by atoms with van der Waals surface area (Å²) < 4.78 is 39.3. The van der Waals surface area contributed by atoms with Gasteiger partial charge in [-0.3, -0.25) is 14.2 Å². The fourth-order valence-electron chi connectivity index (χ4n) is 6.56. The van der Waals surface area contributed by atoms with E-state index in [4.69, 9.17) is 24.5 Å². The van der Waals surface area contributed by atoms with E-state index in [0.717, 1.165) is 25.7 Å². The molecule has 13 nitrogen and oxygen atoms in total. The minimum atomic E-state index is -3.90. The number of unbranched alkanes of at least 4 members (excludes halogenated alkanes) is 15. The molecule has 0 amide bonds. The van der Waals surface area contributed by atoms with Crippen LogP contribution in [0.4, 0.5) is 5.82 Å². The molecule has 2 heterocycles. The summed E-state index contributed by atoms with van der Waals surface area (Å²) in [7, 11) is -3.90. The summed E-state index contributed by atoms with van der Waals surface area (Å²) >= 11 is 0. The molecule has 0 bridgehead atoms. The lowest BCUT2D eigenvalue weighted by molar-refractivity contribution is -0.150. The number of carbonyl (C=O) groups excluding carboxylic acids is 2. The molecule has 1 aromatic carbocycles. The molecule has 4 atom stereocenters. The molecular formula is C42H69N6O7P. The van der Waals surface area contributed by atoms with Gasteiger partial charge in [0.2, 0.25) is 0 Å². The summed E-state index contributed by atoms with van der Waals surface area (Å²) in [4.78, 5) is 38.1. The molecular weight excluding hydrogens is 731 g/mol. The molecule has 56 heavy (non-hydrogen) atoms. The molecule has 314 valence electrons. The number of rotatable bonds is 31. The lowest BCUT2D eigenvalue weighted by Gasteiger charge is -2.26. The Morgan fingerprint density at radius 1 is 0.804 bits per heavy atom. The standard InChI is InChI=1S/C42H69N6O7P/c1-6-8-9-10-11-12-13-14-15-16-17-18-19-20-21-22-27-38(49)54-36-25-23-26-37(28-36)55-56(51,47-35(5)42(50)53-33(3)24-7-2)32-52-34(4)29-48-31-46-39-40(43)44-30-45-41(39)48/h23,25-26,28,30-31,33-35H,6-22,24,27,29,32H2,1-5H3,(H,47,51)(H2,43,44,45)/t33-,34+,35-,56?/m0/s1. The van der Waals surface area contributed by atoms with Crippen molar-refractivity contribution in [2.75, 3.05) is 12.1 Å². The molecule has 0 aliphatic heterocycles. The number of hydrogen-bond acceptors (Lipinski definition) is 11. The van der Waals surface area contributed by atoms with Crippen molar-refractivity contribution in [3.8, 4) is 11.5 Å². The third-order valence-electron chi connectivity index (χ3n) is 9.69. The van der Waals surface area contributed by atoms with Crippen LogP contribution in [0.3, 0.4) is 0 Å². The number of nitrogens with zero attached hydrogens (tertiary/aromatic N) is 4. The van der Waals surface area contributed by atoms with Gasteiger partial charge in [0.25, 0.3) is 0 Å². The highest BCUT2D eigenvalue weighted by Gasteiger charge is 2.32. The Kier molecular flexibility index (Phi) is 22.1. The topological polar surface area (TPSA) is 170 Å². The zero-order valence-corrected chi connectivity index (χ0v) is 35.6. The molecule has 3 rings (SSSR count). The number of ether oxygens (including phenoxy) is 3. The van der Waals surface area contributed by atoms with Crippen LogP contribution in [0, 0.1) is 0 Å². The van der Waals surface area contributed by atoms with Crippen LogP contribution < -0.4 is 20.1 Å². The minimum Gasteiger partial charge on any atom is -0.462 e. The van der Waals surface area contributed by atoms with Crippen molar-refractivity contribution in [1.29, 1.82) is 0 Å². The smallest absolute Gasteiger partial charge is 0.342 e. The minimum absolute atomic E-state index is 0.192. The number of nitrogen functional groups attached to an aromatic ring is 1. The van der Waals surface area contributed by atoms with E-state index in [-0.39, 0.29) is 35.7 Å². The first-order valence-corrected chi connectivity index (χ1v) is 22.9. The van der Waals surface area contributed by atoms with Crippen LogP contribution in [0.25, 0.3) is 11.2 Å². The third-order valence-corrected chi connectivity index (χ3v) is 11.5. The Balaban J connectivity index is 1.45. The summed E-state index contributed by atoms with van der Waals surface area (Å²) in [6, 6.07) is 5.46. The van der Waals surface area contributed by atoms with Crippen LogP contribution in [-0.4, -0.2) is 56.1 Å². The molecule has 0 saturated heterocycles. The predicted molar refractivity (Wildman–Crippen MR) is 223 cm³/mol. The maximum absolute atomic E-state index is 14.4. The zero-order valence-electron chi connectivity index (χ0n) is 34.7. The molecule has 14 heteroatoms. The lowest BCUT2D eigenvalue weighted by atomic mass is 10.0. The van der Waals surface area contributed by atoms with Crippen molar-refractivity contribution in [2.45, 2.75) is 181 Å². The number of esters is 2. The van der Waals surface area contributed by atoms with Gasteiger partial charge in [-0.25, -0.2) is 20.0 Å². The third kappa shape index (κ3) is 18.2. The van der Waals surface area contributed by atoms with Crippen molar-refractivity contribution in [1.82, 2.24) is 24.6 Å². The summed E-state index contributed by atoms with van der Waals surface area (Å²) in [5, 5.41) is 2.84. The van der Waals surface area contributed by atoms with E-state index < -0.39 is 25.6 Å². The van der Waals surface area contributed by atoms with Gasteiger partial charge >= 0.3 is 19.5 Å². The van der Waals surface area contributed by atoms with E-state index in [9.17, 15) is 14.2 Å². The molecule has 3 N–H and O–H groups in total. The van der Waals surface area contributed by atoms with Gasteiger partial charge in [0.1, 0.15) is 35.7 Å². The molecule has 0 aliphatic rings. The van der Waals surface area contributed by atoms with Crippen LogP contribution in [0.15, 0.2) is 36.9 Å². The van der Waals surface area contributed by atoms with Crippen LogP contribution >= 0.6 is 7.52 Å². The van der Waals surface area contributed by atoms with Crippen molar-refractivity contribution in [2.24, 2.45) is 0 Å². The normalized spacial score (nSPS) is 14.2. The van der Waals surface area contributed by atoms with Gasteiger partial charge in [0.15, 0.2) is 11.5 Å². The first kappa shape index (κ1) is 46.8. The average molecular weight is 801 g/mol. The number of nitrogens with one attached hydrogen (secondary N) is 1. The second-order valence-corrected chi connectivity index (χ2v) is 17.1. The van der Waals surface area contributed by atoms with Gasteiger partial charge in [-0.15, -0.1) is 0 Å². The van der Waals surface area contributed by atoms with Gasteiger partial charge in [-0.05, 0) is 45.7 Å². The number of nitrogens with two attached hydrogens (primary N) is 1. The van der Waals surface area contributed by atoms with E-state index in [1.54, 1.807) is 36.0 Å². The first-order chi connectivity index (χ1) is 27.0. The van der Waals surface area contributed by atoms with E-state index in [2.05, 4.69) is 27.0 Å². The van der Waals surface area contributed by atoms with Crippen molar-refractivity contribution in [3.05, 3.63) is 36.9 Å². The Labute approximate surface area is 335 Å². The Hall–Kier alpha value is -3.54. The maximum atomic E-state index is 14.4. The monoisotopic (exact) mass is 800 g/mol. The number of aromatic nitrogens is 4. The summed E-state index contributed by atoms with van der Waals surface area (Å²) in [5.41, 5.74) is 6.95. The molecule has 0 spiro atoms. The van der Waals surface area contributed by atoms with Gasteiger partial charge in [0, 0.05) is 12.5 Å². The number of hydrogen-bond donors (Lipinski definition) is 2. The van der Waals surface area contributed by atoms with Gasteiger partial charge in [-0.1, -0.05) is 123 Å². The SMILES string of the molecule is CCCCCCCCCCCCCCCCCCC(=O)Oc1cccc(OP(=O)(CO[C@H](C)Cn2cnc3c(N)ncnc32)N[C@@H](C)C(=O)O[C@@H](C)CCC)c1. The highest BCUT2D eigenvalue weighted by molar-refractivity contribution is 7.57. The number of anilines is 1. The van der Waals surface area contributed by atoms with Crippen molar-refractivity contribution in [3.63, 3.8) is 0 Å². The first-order valence-electron chi connectivity index (χ1n) is 21.1. The largest absolute Gasteiger partial charge is 0.462 e. The predicted octanol–water partition coefficient (Wildman–Crippen LogP) is 10.3. The maximum Gasteiger partial charge on any atom is 0.342 e. The summed E-state index contributed by atoms with van der Waals surface area (Å²) in [5.74, 6) is -0.146. The van der Waals surface area contributed by atoms with Gasteiger partial charge in [-0.2, -0.15) is 0 Å². The summed E-state index contributed by atoms with van der Waals surface area (Å²) in [6.07, 6.45) is 24.0. The molecule has 1 unspecified atom stereocenters. The number of carbonyl (C=O) groups is 2. The average Bonchev–Trinajstić information content (AvgIpc) is 3.57. The van der Waals surface area contributed by atoms with Crippen LogP contribution in [0.1, 0.15) is 157 Å². The summed E-state index contributed by atoms with van der Waals surface area (Å²) in [6.45, 7) is 9.79.